The molecule has 98 valence electrons. The highest BCUT2D eigenvalue weighted by Crippen LogP contribution is 2.48. The molecule has 0 heterocycles. The minimum Gasteiger partial charge on any atom is -0.342 e. The predicted molar refractivity (Wildman–Crippen MR) is 69.4 cm³/mol. The number of rotatable bonds is 3. The number of carbonyl (C=O) groups is 1. The van der Waals surface area contributed by atoms with Gasteiger partial charge in [-0.05, 0) is 43.9 Å². The van der Waals surface area contributed by atoms with Crippen LogP contribution in [0.3, 0.4) is 0 Å². The molecule has 0 radical (unpaired) electrons. The summed E-state index contributed by atoms with van der Waals surface area (Å²) in [6.07, 6.45) is 3.62. The summed E-state index contributed by atoms with van der Waals surface area (Å²) in [7, 11) is 1.94. The molecule has 2 aliphatic rings. The zero-order valence-electron chi connectivity index (χ0n) is 11.5. The van der Waals surface area contributed by atoms with Crippen molar-refractivity contribution < 1.29 is 4.79 Å². The molecule has 2 rings (SSSR count). The van der Waals surface area contributed by atoms with Gasteiger partial charge < -0.3 is 10.6 Å². The molecule has 2 bridgehead atoms. The maximum absolute atomic E-state index is 12.5. The van der Waals surface area contributed by atoms with E-state index in [-0.39, 0.29) is 17.9 Å². The van der Waals surface area contributed by atoms with Crippen LogP contribution < -0.4 is 5.73 Å². The van der Waals surface area contributed by atoms with Crippen LogP contribution in [0.2, 0.25) is 0 Å². The summed E-state index contributed by atoms with van der Waals surface area (Å²) in [6, 6.07) is 0.414. The summed E-state index contributed by atoms with van der Waals surface area (Å²) in [5.41, 5.74) is 6.23. The lowest BCUT2D eigenvalue weighted by Gasteiger charge is -2.35. The van der Waals surface area contributed by atoms with Gasteiger partial charge in [0.05, 0.1) is 5.92 Å². The normalized spacial score (nSPS) is 37.5. The van der Waals surface area contributed by atoms with Gasteiger partial charge in [0.2, 0.25) is 5.91 Å². The fourth-order valence-corrected chi connectivity index (χ4v) is 3.59. The van der Waals surface area contributed by atoms with E-state index in [4.69, 9.17) is 5.73 Å². The second kappa shape index (κ2) is 4.60. The summed E-state index contributed by atoms with van der Waals surface area (Å²) >= 11 is 0. The van der Waals surface area contributed by atoms with Gasteiger partial charge in [-0.15, -0.1) is 0 Å². The van der Waals surface area contributed by atoms with Gasteiger partial charge >= 0.3 is 0 Å². The van der Waals surface area contributed by atoms with Crippen molar-refractivity contribution in [2.24, 2.45) is 29.4 Å². The van der Waals surface area contributed by atoms with Crippen LogP contribution in [0.1, 0.15) is 40.0 Å². The lowest BCUT2D eigenvalue weighted by atomic mass is 9.83. The fourth-order valence-electron chi connectivity index (χ4n) is 3.59. The van der Waals surface area contributed by atoms with E-state index >= 15 is 0 Å². The highest BCUT2D eigenvalue weighted by atomic mass is 16.2. The molecule has 2 N–H and O–H groups in total. The Morgan fingerprint density at radius 2 is 1.82 bits per heavy atom. The van der Waals surface area contributed by atoms with E-state index < -0.39 is 0 Å². The summed E-state index contributed by atoms with van der Waals surface area (Å²) in [6.45, 7) is 6.45. The van der Waals surface area contributed by atoms with Gasteiger partial charge in [0.1, 0.15) is 0 Å². The predicted octanol–water partition coefficient (Wildman–Crippen LogP) is 1.86. The molecule has 0 aliphatic heterocycles. The van der Waals surface area contributed by atoms with Crippen molar-refractivity contribution in [3.63, 3.8) is 0 Å². The molecule has 0 aromatic rings. The van der Waals surface area contributed by atoms with Gasteiger partial charge in [0, 0.05) is 19.1 Å². The van der Waals surface area contributed by atoms with Crippen molar-refractivity contribution in [1.29, 1.82) is 0 Å². The zero-order valence-corrected chi connectivity index (χ0v) is 11.5. The highest BCUT2D eigenvalue weighted by molar-refractivity contribution is 5.80. The lowest BCUT2D eigenvalue weighted by Crippen LogP contribution is -2.49. The Morgan fingerprint density at radius 3 is 2.29 bits per heavy atom. The van der Waals surface area contributed by atoms with Crippen LogP contribution >= 0.6 is 0 Å². The van der Waals surface area contributed by atoms with E-state index in [1.807, 2.05) is 11.9 Å². The standard InChI is InChI=1S/C14H26N2O/c1-8(2)9(3)16(4)14(17)12-10-5-6-11(7-10)13(12)15/h8-13H,5-7,15H2,1-4H3. The molecule has 5 unspecified atom stereocenters. The van der Waals surface area contributed by atoms with Crippen LogP contribution in [-0.2, 0) is 4.79 Å². The Kier molecular flexibility index (Phi) is 3.48. The first-order valence-electron chi connectivity index (χ1n) is 6.95. The third-order valence-electron chi connectivity index (χ3n) is 5.19. The first kappa shape index (κ1) is 12.9. The SMILES string of the molecule is CC(C)C(C)N(C)C(=O)C1C2CCC(C2)C1N. The van der Waals surface area contributed by atoms with E-state index in [1.54, 1.807) is 0 Å². The van der Waals surface area contributed by atoms with E-state index in [0.717, 1.165) is 0 Å². The molecule has 0 saturated heterocycles. The fraction of sp³-hybridized carbons (Fsp3) is 0.929. The average molecular weight is 238 g/mol. The number of fused-ring (bicyclic) bond motifs is 2. The average Bonchev–Trinajstić information content (AvgIpc) is 2.86. The smallest absolute Gasteiger partial charge is 0.227 e. The Bertz CT molecular complexity index is 301. The Balaban J connectivity index is 2.05. The summed E-state index contributed by atoms with van der Waals surface area (Å²) in [5.74, 6) is 2.05. The van der Waals surface area contributed by atoms with Crippen LogP contribution in [0, 0.1) is 23.7 Å². The van der Waals surface area contributed by atoms with Crippen LogP contribution in [0.25, 0.3) is 0 Å². The number of carbonyl (C=O) groups excluding carboxylic acids is 1. The second-order valence-electron chi connectivity index (χ2n) is 6.37. The number of hydrogen-bond donors (Lipinski definition) is 1. The van der Waals surface area contributed by atoms with E-state index in [1.165, 1.54) is 19.3 Å². The van der Waals surface area contributed by atoms with Crippen LogP contribution in [-0.4, -0.2) is 29.9 Å². The monoisotopic (exact) mass is 238 g/mol. The van der Waals surface area contributed by atoms with Gasteiger partial charge in [-0.25, -0.2) is 0 Å². The third kappa shape index (κ3) is 2.10. The van der Waals surface area contributed by atoms with Crippen LogP contribution in [0.15, 0.2) is 0 Å². The Morgan fingerprint density at radius 1 is 1.24 bits per heavy atom. The minimum absolute atomic E-state index is 0.0972. The maximum Gasteiger partial charge on any atom is 0.227 e. The first-order chi connectivity index (χ1) is 7.93. The molecule has 5 atom stereocenters. The van der Waals surface area contributed by atoms with E-state index in [0.29, 0.717) is 23.8 Å². The van der Waals surface area contributed by atoms with Crippen LogP contribution in [0.4, 0.5) is 0 Å². The molecule has 2 aliphatic carbocycles. The van der Waals surface area contributed by atoms with Crippen LogP contribution in [0.5, 0.6) is 0 Å². The molecule has 0 spiro atoms. The number of nitrogens with zero attached hydrogens (tertiary/aromatic N) is 1. The summed E-state index contributed by atoms with van der Waals surface area (Å²) < 4.78 is 0. The van der Waals surface area contributed by atoms with Crippen molar-refractivity contribution in [2.45, 2.75) is 52.1 Å². The molecule has 3 heteroatoms. The molecular weight excluding hydrogens is 212 g/mol. The first-order valence-corrected chi connectivity index (χ1v) is 6.95. The summed E-state index contributed by atoms with van der Waals surface area (Å²) in [4.78, 5) is 14.5. The second-order valence-corrected chi connectivity index (χ2v) is 6.37. The molecule has 17 heavy (non-hydrogen) atoms. The van der Waals surface area contributed by atoms with Gasteiger partial charge in [-0.3, -0.25) is 4.79 Å². The van der Waals surface area contributed by atoms with Crippen molar-refractivity contribution in [2.75, 3.05) is 7.05 Å². The summed E-state index contributed by atoms with van der Waals surface area (Å²) in [5, 5.41) is 0. The Hall–Kier alpha value is -0.570. The topological polar surface area (TPSA) is 46.3 Å². The Labute approximate surface area is 105 Å². The zero-order chi connectivity index (χ0) is 12.7. The molecule has 1 amide bonds. The number of nitrogens with two attached hydrogens (primary N) is 1. The molecule has 2 saturated carbocycles. The minimum atomic E-state index is 0.0972. The largest absolute Gasteiger partial charge is 0.342 e. The lowest BCUT2D eigenvalue weighted by molar-refractivity contribution is -0.139. The highest BCUT2D eigenvalue weighted by Gasteiger charge is 2.50. The molecule has 2 fully saturated rings. The molecule has 0 aromatic heterocycles. The van der Waals surface area contributed by atoms with Crippen molar-refractivity contribution in [3.8, 4) is 0 Å². The molecule has 0 aromatic carbocycles. The maximum atomic E-state index is 12.5. The van der Waals surface area contributed by atoms with Crippen molar-refractivity contribution in [3.05, 3.63) is 0 Å². The number of amides is 1. The number of hydrogen-bond acceptors (Lipinski definition) is 2. The third-order valence-corrected chi connectivity index (χ3v) is 5.19. The molecular formula is C14H26N2O. The van der Waals surface area contributed by atoms with Gasteiger partial charge in [0.15, 0.2) is 0 Å². The van der Waals surface area contributed by atoms with Gasteiger partial charge in [-0.2, -0.15) is 0 Å². The van der Waals surface area contributed by atoms with Gasteiger partial charge in [-0.1, -0.05) is 13.8 Å². The van der Waals surface area contributed by atoms with E-state index in [9.17, 15) is 4.79 Å². The molecule has 3 nitrogen and oxygen atoms in total. The van der Waals surface area contributed by atoms with E-state index in [2.05, 4.69) is 20.8 Å². The van der Waals surface area contributed by atoms with Crippen molar-refractivity contribution >= 4 is 5.91 Å². The van der Waals surface area contributed by atoms with Crippen molar-refractivity contribution in [1.82, 2.24) is 4.90 Å². The quantitative estimate of drug-likeness (QED) is 0.816. The van der Waals surface area contributed by atoms with Gasteiger partial charge in [0.25, 0.3) is 0 Å².